The van der Waals surface area contributed by atoms with Crippen molar-refractivity contribution in [1.29, 1.82) is 0 Å². The number of carboxylic acids is 1. The fraction of sp³-hybridized carbons (Fsp3) is 0.900. The third-order valence-corrected chi connectivity index (χ3v) is 11.9. The molecule has 5 nitrogen and oxygen atoms in total. The maximum absolute atomic E-state index is 12.6. The van der Waals surface area contributed by atoms with Crippen LogP contribution in [0, 0.1) is 51.8 Å². The largest absolute Gasteiger partial charge is 0.481 e. The molecule has 35 heavy (non-hydrogen) atoms. The minimum absolute atomic E-state index is 0.00744. The fourth-order valence-electron chi connectivity index (χ4n) is 10.2. The van der Waals surface area contributed by atoms with Gasteiger partial charge in [-0.3, -0.25) is 4.79 Å². The van der Waals surface area contributed by atoms with E-state index in [1.54, 1.807) is 0 Å². The quantitative estimate of drug-likeness (QED) is 0.417. The van der Waals surface area contributed by atoms with Gasteiger partial charge in [-0.2, -0.15) is 0 Å². The van der Waals surface area contributed by atoms with Crippen LogP contribution in [-0.2, 0) is 9.53 Å². The number of ether oxygens (including phenoxy) is 1. The third-order valence-electron chi connectivity index (χ3n) is 11.9. The highest BCUT2D eigenvalue weighted by Crippen LogP contribution is 2.74. The number of carbonyl (C=O) groups is 1. The van der Waals surface area contributed by atoms with E-state index in [1.165, 1.54) is 0 Å². The smallest absolute Gasteiger partial charge is 0.307 e. The summed E-state index contributed by atoms with van der Waals surface area (Å²) in [6, 6.07) is 0. The Morgan fingerprint density at radius 1 is 1.06 bits per heavy atom. The topological polar surface area (TPSA) is 87.0 Å². The van der Waals surface area contributed by atoms with Gasteiger partial charge in [-0.1, -0.05) is 39.3 Å². The molecular formula is C30H50O5. The summed E-state index contributed by atoms with van der Waals surface area (Å²) in [5.74, 6) is -0.391. The van der Waals surface area contributed by atoms with E-state index in [-0.39, 0.29) is 52.1 Å². The fourth-order valence-corrected chi connectivity index (χ4v) is 10.2. The molecule has 4 aliphatic rings. The molecule has 0 radical (unpaired) electrons. The molecule has 4 unspecified atom stereocenters. The maximum Gasteiger partial charge on any atom is 0.307 e. The predicted molar refractivity (Wildman–Crippen MR) is 138 cm³/mol. The Labute approximate surface area is 212 Å². The minimum atomic E-state index is -0.742. The van der Waals surface area contributed by atoms with Crippen LogP contribution >= 0.6 is 0 Å². The van der Waals surface area contributed by atoms with Gasteiger partial charge < -0.3 is 20.1 Å². The van der Waals surface area contributed by atoms with E-state index in [2.05, 4.69) is 33.8 Å². The summed E-state index contributed by atoms with van der Waals surface area (Å²) in [4.78, 5) is 12.6. The lowest BCUT2D eigenvalue weighted by Gasteiger charge is -2.69. The number of allylic oxidation sites excluding steroid dienone is 2. The van der Waals surface area contributed by atoms with Gasteiger partial charge in [0.25, 0.3) is 0 Å². The van der Waals surface area contributed by atoms with Gasteiger partial charge in [-0.15, -0.1) is 0 Å². The summed E-state index contributed by atoms with van der Waals surface area (Å²) >= 11 is 0. The first-order chi connectivity index (χ1) is 16.3. The average molecular weight is 491 g/mol. The first-order valence-corrected chi connectivity index (χ1v) is 14.2. The molecule has 12 atom stereocenters. The van der Waals surface area contributed by atoms with Crippen molar-refractivity contribution in [2.45, 2.75) is 112 Å². The number of aliphatic carboxylic acids is 1. The normalized spacial score (nSPS) is 50.0. The molecule has 5 heteroatoms. The molecule has 3 N–H and O–H groups in total. The van der Waals surface area contributed by atoms with Crippen molar-refractivity contribution in [1.82, 2.24) is 0 Å². The van der Waals surface area contributed by atoms with E-state index < -0.39 is 18.0 Å². The SMILES string of the molecule is CCO[C@H]1C[C@@]2(C)C(CC(O)C3[C@@]4(C)CC[C@@H](O)[C@@H](C)C4CC[C@@]32C)[C@H]1[C@@H](CC=C(C)C)C(=O)O. The zero-order valence-corrected chi connectivity index (χ0v) is 23.1. The molecule has 0 heterocycles. The zero-order chi connectivity index (χ0) is 25.9. The van der Waals surface area contributed by atoms with Crippen molar-refractivity contribution in [2.75, 3.05) is 6.61 Å². The van der Waals surface area contributed by atoms with E-state index in [0.717, 1.165) is 37.7 Å². The Morgan fingerprint density at radius 2 is 1.74 bits per heavy atom. The van der Waals surface area contributed by atoms with Crippen molar-refractivity contribution < 1.29 is 24.9 Å². The molecule has 200 valence electrons. The number of aliphatic hydroxyl groups is 2. The van der Waals surface area contributed by atoms with Gasteiger partial charge >= 0.3 is 5.97 Å². The highest BCUT2D eigenvalue weighted by molar-refractivity contribution is 5.71. The second-order valence-corrected chi connectivity index (χ2v) is 13.6. The Kier molecular flexibility index (Phi) is 7.32. The number of rotatable bonds is 6. The molecule has 0 spiro atoms. The van der Waals surface area contributed by atoms with Crippen molar-refractivity contribution >= 4 is 5.97 Å². The van der Waals surface area contributed by atoms with Crippen LogP contribution in [0.5, 0.6) is 0 Å². The molecule has 0 aromatic carbocycles. The van der Waals surface area contributed by atoms with Gasteiger partial charge in [0.15, 0.2) is 0 Å². The van der Waals surface area contributed by atoms with Crippen LogP contribution in [0.15, 0.2) is 11.6 Å². The average Bonchev–Trinajstić information content (AvgIpc) is 3.04. The van der Waals surface area contributed by atoms with Crippen LogP contribution < -0.4 is 0 Å². The van der Waals surface area contributed by atoms with Gasteiger partial charge in [0.1, 0.15) is 0 Å². The molecular weight excluding hydrogens is 440 g/mol. The van der Waals surface area contributed by atoms with E-state index in [4.69, 9.17) is 4.74 Å². The molecule has 0 bridgehead atoms. The van der Waals surface area contributed by atoms with Crippen LogP contribution in [0.3, 0.4) is 0 Å². The summed E-state index contributed by atoms with van der Waals surface area (Å²) in [5.41, 5.74) is 0.951. The van der Waals surface area contributed by atoms with Gasteiger partial charge in [0, 0.05) is 12.5 Å². The van der Waals surface area contributed by atoms with E-state index >= 15 is 0 Å². The summed E-state index contributed by atoms with van der Waals surface area (Å²) in [7, 11) is 0. The molecule has 0 saturated heterocycles. The van der Waals surface area contributed by atoms with E-state index in [0.29, 0.717) is 25.4 Å². The Balaban J connectivity index is 1.76. The first-order valence-electron chi connectivity index (χ1n) is 14.2. The van der Waals surface area contributed by atoms with Gasteiger partial charge in [-0.25, -0.2) is 0 Å². The molecule has 4 fully saturated rings. The van der Waals surface area contributed by atoms with Crippen molar-refractivity contribution in [3.8, 4) is 0 Å². The predicted octanol–water partition coefficient (Wildman–Crippen LogP) is 5.69. The first kappa shape index (κ1) is 27.1. The van der Waals surface area contributed by atoms with Crippen LogP contribution in [0.25, 0.3) is 0 Å². The van der Waals surface area contributed by atoms with Crippen molar-refractivity contribution in [2.24, 2.45) is 51.8 Å². The van der Waals surface area contributed by atoms with Crippen molar-refractivity contribution in [3.05, 3.63) is 11.6 Å². The Morgan fingerprint density at radius 3 is 2.34 bits per heavy atom. The molecule has 4 saturated carbocycles. The summed E-state index contributed by atoms with van der Waals surface area (Å²) in [6.45, 7) is 16.0. The van der Waals surface area contributed by atoms with Crippen LogP contribution in [0.2, 0.25) is 0 Å². The lowest BCUT2D eigenvalue weighted by molar-refractivity contribution is -0.240. The lowest BCUT2D eigenvalue weighted by atomic mass is 9.36. The molecule has 0 aliphatic heterocycles. The standard InChI is InChI=1S/C30H50O5/c1-8-35-24-16-30(7)21(25(24)19(27(33)34)10-9-17(2)3)15-23(32)26-28(5)13-12-22(31)18(4)20(28)11-14-29(26,30)6/h9,18-26,31-32H,8,10-16H2,1-7H3,(H,33,34)/t18-,19+,20?,21?,22+,23?,24-,25+,26?,28-,29-,30-/m0/s1. The number of carboxylic acid groups (broad SMARTS) is 1. The van der Waals surface area contributed by atoms with Crippen molar-refractivity contribution in [3.63, 3.8) is 0 Å². The van der Waals surface area contributed by atoms with E-state index in [1.807, 2.05) is 20.8 Å². The Hall–Kier alpha value is -0.910. The number of hydrogen-bond donors (Lipinski definition) is 3. The second-order valence-electron chi connectivity index (χ2n) is 13.6. The number of fused-ring (bicyclic) bond motifs is 5. The highest BCUT2D eigenvalue weighted by Gasteiger charge is 2.71. The third kappa shape index (κ3) is 4.03. The summed E-state index contributed by atoms with van der Waals surface area (Å²) in [5, 5.41) is 32.9. The Bertz CT molecular complexity index is 835. The van der Waals surface area contributed by atoms with Crippen LogP contribution in [0.4, 0.5) is 0 Å². The van der Waals surface area contributed by atoms with Gasteiger partial charge in [0.05, 0.1) is 24.2 Å². The molecule has 4 rings (SSSR count). The monoisotopic (exact) mass is 490 g/mol. The zero-order valence-electron chi connectivity index (χ0n) is 23.1. The number of aliphatic hydroxyl groups excluding tert-OH is 2. The van der Waals surface area contributed by atoms with E-state index in [9.17, 15) is 20.1 Å². The lowest BCUT2D eigenvalue weighted by Crippen LogP contribution is -2.66. The summed E-state index contributed by atoms with van der Waals surface area (Å²) < 4.78 is 6.33. The second kappa shape index (κ2) is 9.44. The summed E-state index contributed by atoms with van der Waals surface area (Å²) in [6.07, 6.45) is 7.17. The number of hydrogen-bond acceptors (Lipinski definition) is 4. The van der Waals surface area contributed by atoms with Gasteiger partial charge in [0.2, 0.25) is 0 Å². The van der Waals surface area contributed by atoms with Gasteiger partial charge in [-0.05, 0) is 106 Å². The molecule has 0 amide bonds. The van der Waals surface area contributed by atoms with Crippen LogP contribution in [0.1, 0.15) is 93.4 Å². The van der Waals surface area contributed by atoms with Crippen LogP contribution in [-0.4, -0.2) is 46.2 Å². The molecule has 4 aliphatic carbocycles. The molecule has 0 aromatic rings. The highest BCUT2D eigenvalue weighted by atomic mass is 16.5. The maximum atomic E-state index is 12.6. The molecule has 0 aromatic heterocycles. The minimum Gasteiger partial charge on any atom is -0.481 e.